The van der Waals surface area contributed by atoms with Gasteiger partial charge in [0.25, 0.3) is 0 Å². The van der Waals surface area contributed by atoms with Crippen molar-refractivity contribution in [1.29, 1.82) is 0 Å². The number of aryl methyl sites for hydroxylation is 4. The third kappa shape index (κ3) is 7.81. The maximum atomic E-state index is 13.9. The van der Waals surface area contributed by atoms with Gasteiger partial charge in [-0.15, -0.1) is 0 Å². The Kier molecular flexibility index (Phi) is 11.0. The van der Waals surface area contributed by atoms with Crippen molar-refractivity contribution in [3.05, 3.63) is 93.2 Å². The molecule has 3 aliphatic heterocycles. The first-order valence-corrected chi connectivity index (χ1v) is 19.3. The molecule has 3 aliphatic rings. The van der Waals surface area contributed by atoms with E-state index in [1.54, 1.807) is 34.8 Å². The third-order valence-corrected chi connectivity index (χ3v) is 11.3. The van der Waals surface area contributed by atoms with E-state index in [1.807, 2.05) is 24.3 Å². The van der Waals surface area contributed by atoms with Gasteiger partial charge in [-0.3, -0.25) is 48.3 Å². The average molecular weight is 749 g/mol. The lowest BCUT2D eigenvalue weighted by atomic mass is 9.95. The maximum Gasteiger partial charge on any atom is 0.329 e. The summed E-state index contributed by atoms with van der Waals surface area (Å²) in [5, 5.41) is 5.41. The summed E-state index contributed by atoms with van der Waals surface area (Å²) in [4.78, 5) is 82.5. The number of rotatable bonds is 14. The number of aromatic nitrogens is 3. The van der Waals surface area contributed by atoms with E-state index in [9.17, 15) is 28.8 Å². The Labute approximate surface area is 318 Å². The van der Waals surface area contributed by atoms with Gasteiger partial charge in [0.05, 0.1) is 34.5 Å². The van der Waals surface area contributed by atoms with Crippen LogP contribution in [-0.4, -0.2) is 55.7 Å². The number of nitrogens with one attached hydrogen (secondary N) is 2. The highest BCUT2D eigenvalue weighted by Gasteiger charge is 2.43. The number of fused-ring (bicyclic) bond motifs is 1. The molecule has 0 aliphatic carbocycles. The summed E-state index contributed by atoms with van der Waals surface area (Å²) < 4.78 is 3.07. The number of carbonyl (C=O) groups is 5. The summed E-state index contributed by atoms with van der Waals surface area (Å²) in [6.07, 6.45) is 9.76. The Bertz CT molecular complexity index is 2210. The van der Waals surface area contributed by atoms with Crippen LogP contribution in [0.3, 0.4) is 0 Å². The average Bonchev–Trinajstić information content (AvgIpc) is 3.63. The fraction of sp³-hybridized carbons (Fsp3) is 0.439. The molecule has 14 nitrogen and oxygen atoms in total. The Morgan fingerprint density at radius 3 is 2.42 bits per heavy atom. The van der Waals surface area contributed by atoms with Crippen LogP contribution in [0.5, 0.6) is 0 Å². The van der Waals surface area contributed by atoms with Gasteiger partial charge >= 0.3 is 5.69 Å². The fourth-order valence-corrected chi connectivity index (χ4v) is 8.41. The molecule has 5 heterocycles. The van der Waals surface area contributed by atoms with Gasteiger partial charge in [0.15, 0.2) is 0 Å². The van der Waals surface area contributed by atoms with E-state index >= 15 is 0 Å². The zero-order valence-electron chi connectivity index (χ0n) is 31.1. The van der Waals surface area contributed by atoms with Gasteiger partial charge in [0, 0.05) is 32.5 Å². The summed E-state index contributed by atoms with van der Waals surface area (Å²) in [6, 6.07) is 12.9. The summed E-state index contributed by atoms with van der Waals surface area (Å²) >= 11 is 0. The molecular weight excluding hydrogens is 701 g/mol. The first-order chi connectivity index (χ1) is 26.5. The zero-order chi connectivity index (χ0) is 38.8. The van der Waals surface area contributed by atoms with E-state index < -0.39 is 36.0 Å². The highest BCUT2D eigenvalue weighted by atomic mass is 16.2. The van der Waals surface area contributed by atoms with Gasteiger partial charge in [-0.05, 0) is 97.9 Å². The molecule has 1 fully saturated rings. The molecule has 0 radical (unpaired) electrons. The number of imidazole rings is 1. The van der Waals surface area contributed by atoms with Crippen molar-refractivity contribution >= 4 is 46.3 Å². The van der Waals surface area contributed by atoms with Crippen molar-refractivity contribution in [2.24, 2.45) is 18.5 Å². The Morgan fingerprint density at radius 1 is 0.927 bits per heavy atom. The lowest BCUT2D eigenvalue weighted by Crippen LogP contribution is -2.53. The van der Waals surface area contributed by atoms with E-state index in [0.717, 1.165) is 66.4 Å². The summed E-state index contributed by atoms with van der Waals surface area (Å²) in [5.41, 5.74) is 18.7. The molecule has 0 saturated carbocycles. The Hall–Kier alpha value is -5.63. The maximum absolute atomic E-state index is 13.9. The minimum absolute atomic E-state index is 0.0776. The molecule has 4 aromatic rings. The van der Waals surface area contributed by atoms with E-state index in [0.29, 0.717) is 36.9 Å². The van der Waals surface area contributed by atoms with Crippen LogP contribution in [0.1, 0.15) is 97.8 Å². The van der Waals surface area contributed by atoms with Gasteiger partial charge in [0.1, 0.15) is 12.1 Å². The fourth-order valence-electron chi connectivity index (χ4n) is 8.41. The number of unbranched alkanes of at least 4 members (excludes halogenated alkanes) is 3. The molecule has 4 atom stereocenters. The molecular formula is C41H48N8O6. The lowest BCUT2D eigenvalue weighted by molar-refractivity contribution is -0.135. The molecule has 2 aromatic heterocycles. The second-order valence-corrected chi connectivity index (χ2v) is 15.1. The van der Waals surface area contributed by atoms with Crippen LogP contribution in [0.2, 0.25) is 0 Å². The summed E-state index contributed by atoms with van der Waals surface area (Å²) in [7, 11) is 1.71. The normalized spacial score (nSPS) is 19.9. The molecule has 288 valence electrons. The van der Waals surface area contributed by atoms with Gasteiger partial charge in [-0.1, -0.05) is 37.1 Å². The smallest absolute Gasteiger partial charge is 0.329 e. The number of primary amides is 1. The first kappa shape index (κ1) is 37.7. The highest BCUT2D eigenvalue weighted by molar-refractivity contribution is 6.07. The number of nitrogens with zero attached hydrogens (tertiary/aromatic N) is 4. The molecule has 6 N–H and O–H groups in total. The highest BCUT2D eigenvalue weighted by Crippen LogP contribution is 2.40. The molecule has 14 heteroatoms. The van der Waals surface area contributed by atoms with E-state index in [2.05, 4.69) is 27.8 Å². The van der Waals surface area contributed by atoms with Crippen molar-refractivity contribution in [2.45, 2.75) is 108 Å². The second kappa shape index (κ2) is 16.0. The van der Waals surface area contributed by atoms with Crippen LogP contribution in [0.15, 0.2) is 59.5 Å². The SMILES string of the molecule is Cn1c(=O)n(C2CCC(=O)NC2=O)c2ccc(CCCCCCc3cc4c5c(c3)C[C@@H](C(=O)N[C@@H](CCC(N)=O)c3ccccn3)N5C(=O)[C@@H](N)CC4)cc21. The number of pyridine rings is 1. The number of hydrogen-bond donors (Lipinski definition) is 4. The first-order valence-electron chi connectivity index (χ1n) is 19.3. The van der Waals surface area contributed by atoms with Crippen molar-refractivity contribution in [3.8, 4) is 0 Å². The zero-order valence-corrected chi connectivity index (χ0v) is 31.1. The monoisotopic (exact) mass is 748 g/mol. The number of nitrogens with two attached hydrogens (primary N) is 2. The molecule has 55 heavy (non-hydrogen) atoms. The van der Waals surface area contributed by atoms with Crippen LogP contribution in [0.25, 0.3) is 11.0 Å². The molecule has 0 spiro atoms. The van der Waals surface area contributed by atoms with Crippen molar-refractivity contribution < 1.29 is 24.0 Å². The minimum atomic E-state index is -0.766. The lowest BCUT2D eigenvalue weighted by Gasteiger charge is -2.28. The topological polar surface area (TPSA) is 205 Å². The molecule has 1 saturated heterocycles. The summed E-state index contributed by atoms with van der Waals surface area (Å²) in [5.74, 6) is -1.81. The van der Waals surface area contributed by atoms with Gasteiger partial charge < -0.3 is 16.8 Å². The van der Waals surface area contributed by atoms with Crippen molar-refractivity contribution in [2.75, 3.05) is 4.90 Å². The molecule has 5 amide bonds. The van der Waals surface area contributed by atoms with Crippen molar-refractivity contribution in [1.82, 2.24) is 24.8 Å². The van der Waals surface area contributed by atoms with Crippen LogP contribution in [0, 0.1) is 0 Å². The Balaban J connectivity index is 0.973. The predicted octanol–water partition coefficient (Wildman–Crippen LogP) is 2.71. The molecule has 7 rings (SSSR count). The van der Waals surface area contributed by atoms with Crippen LogP contribution in [-0.2, 0) is 56.7 Å². The van der Waals surface area contributed by atoms with Crippen LogP contribution in [0.4, 0.5) is 5.69 Å². The van der Waals surface area contributed by atoms with Crippen molar-refractivity contribution in [3.63, 3.8) is 0 Å². The van der Waals surface area contributed by atoms with Gasteiger partial charge in [0.2, 0.25) is 29.5 Å². The molecule has 1 unspecified atom stereocenters. The minimum Gasteiger partial charge on any atom is -0.370 e. The number of anilines is 1. The predicted molar refractivity (Wildman–Crippen MR) is 206 cm³/mol. The standard InChI is InChI=1S/C41H48N8O6/c1-47-33-22-24(11-15-31(33)48(41(47)55)32-16-18-36(51)46-38(32)52)8-4-2-3-5-9-25-20-26-12-13-28(42)40(54)49-34(23-27(21-25)37(26)49)39(53)45-30(14-17-35(43)50)29-10-6-7-19-44-29/h6-7,10-11,15,19-22,28,30,32,34H,2-5,8-9,12-14,16-18,23,42H2,1H3,(H2,43,50)(H,45,53)(H,46,51,52)/t28-,30-,32?,34-/m0/s1. The number of piperidine rings is 1. The van der Waals surface area contributed by atoms with Crippen LogP contribution < -0.4 is 32.7 Å². The largest absolute Gasteiger partial charge is 0.370 e. The Morgan fingerprint density at radius 2 is 1.69 bits per heavy atom. The van der Waals surface area contributed by atoms with Gasteiger partial charge in [-0.25, -0.2) is 4.79 Å². The van der Waals surface area contributed by atoms with E-state index in [4.69, 9.17) is 11.5 Å². The van der Waals surface area contributed by atoms with Crippen LogP contribution >= 0.6 is 0 Å². The second-order valence-electron chi connectivity index (χ2n) is 15.1. The quantitative estimate of drug-likeness (QED) is 0.111. The number of imide groups is 1. The molecule has 2 aromatic carbocycles. The molecule has 0 bridgehead atoms. The third-order valence-electron chi connectivity index (χ3n) is 11.3. The number of amides is 5. The van der Waals surface area contributed by atoms with E-state index in [-0.39, 0.29) is 42.7 Å². The van der Waals surface area contributed by atoms with E-state index in [1.165, 1.54) is 10.1 Å². The van der Waals surface area contributed by atoms with Gasteiger partial charge in [-0.2, -0.15) is 0 Å². The number of hydrogen-bond acceptors (Lipinski definition) is 8. The summed E-state index contributed by atoms with van der Waals surface area (Å²) in [6.45, 7) is 0. The number of carbonyl (C=O) groups excluding carboxylic acids is 5. The number of benzene rings is 2.